The van der Waals surface area contributed by atoms with Gasteiger partial charge < -0.3 is 5.32 Å². The van der Waals surface area contributed by atoms with E-state index in [0.29, 0.717) is 0 Å². The zero-order valence-corrected chi connectivity index (χ0v) is 10.5. The van der Waals surface area contributed by atoms with E-state index in [-0.39, 0.29) is 0 Å². The summed E-state index contributed by atoms with van der Waals surface area (Å²) in [6, 6.07) is 0. The molecule has 16 heavy (non-hydrogen) atoms. The molecule has 1 N–H and O–H groups in total. The highest BCUT2D eigenvalue weighted by Crippen LogP contribution is 2.16. The van der Waals surface area contributed by atoms with E-state index in [4.69, 9.17) is 0 Å². The van der Waals surface area contributed by atoms with E-state index in [1.807, 2.05) is 0 Å². The third-order valence-electron chi connectivity index (χ3n) is 2.74. The standard InChI is InChI=1S/C11H18N4S/c1-16-11-10(13-4-5-14-11)9-15-7-2-3-12-6-8-15/h4-5,12H,2-3,6-9H2,1H3. The van der Waals surface area contributed by atoms with Gasteiger partial charge >= 0.3 is 0 Å². The first-order chi connectivity index (χ1) is 7.90. The Bertz CT molecular complexity index is 324. The summed E-state index contributed by atoms with van der Waals surface area (Å²) in [5.41, 5.74) is 1.11. The molecule has 0 bridgehead atoms. The highest BCUT2D eigenvalue weighted by molar-refractivity contribution is 7.98. The topological polar surface area (TPSA) is 41.1 Å². The van der Waals surface area contributed by atoms with Crippen LogP contribution >= 0.6 is 11.8 Å². The highest BCUT2D eigenvalue weighted by atomic mass is 32.2. The van der Waals surface area contributed by atoms with Crippen molar-refractivity contribution in [3.05, 3.63) is 18.1 Å². The third kappa shape index (κ3) is 3.17. The fraction of sp³-hybridized carbons (Fsp3) is 0.636. The molecule has 0 atom stereocenters. The SMILES string of the molecule is CSc1nccnc1CN1CCCNCC1. The van der Waals surface area contributed by atoms with Crippen molar-refractivity contribution in [3.8, 4) is 0 Å². The van der Waals surface area contributed by atoms with E-state index in [2.05, 4.69) is 26.4 Å². The third-order valence-corrected chi connectivity index (χ3v) is 3.46. The lowest BCUT2D eigenvalue weighted by Gasteiger charge is -2.19. The Balaban J connectivity index is 2.01. The van der Waals surface area contributed by atoms with Crippen LogP contribution in [0.15, 0.2) is 17.4 Å². The van der Waals surface area contributed by atoms with E-state index < -0.39 is 0 Å². The van der Waals surface area contributed by atoms with Crippen LogP contribution in [-0.2, 0) is 6.54 Å². The zero-order valence-electron chi connectivity index (χ0n) is 9.65. The van der Waals surface area contributed by atoms with Crippen LogP contribution in [0.2, 0.25) is 0 Å². The van der Waals surface area contributed by atoms with Gasteiger partial charge in [0.15, 0.2) is 0 Å². The van der Waals surface area contributed by atoms with Crippen LogP contribution in [0.3, 0.4) is 0 Å². The minimum Gasteiger partial charge on any atom is -0.315 e. The average Bonchev–Trinajstić information content (AvgIpc) is 2.58. The van der Waals surface area contributed by atoms with Gasteiger partial charge in [-0.15, -0.1) is 11.8 Å². The Kier molecular flexibility index (Phi) is 4.56. The van der Waals surface area contributed by atoms with Gasteiger partial charge in [-0.2, -0.15) is 0 Å². The van der Waals surface area contributed by atoms with E-state index in [9.17, 15) is 0 Å². The van der Waals surface area contributed by atoms with Gasteiger partial charge in [0.05, 0.1) is 5.69 Å². The minimum absolute atomic E-state index is 0.922. The maximum absolute atomic E-state index is 4.43. The lowest BCUT2D eigenvalue weighted by Crippen LogP contribution is -2.28. The minimum atomic E-state index is 0.922. The second-order valence-corrected chi connectivity index (χ2v) is 4.69. The molecule has 0 aliphatic carbocycles. The van der Waals surface area contributed by atoms with Crippen molar-refractivity contribution in [3.63, 3.8) is 0 Å². The van der Waals surface area contributed by atoms with Crippen LogP contribution < -0.4 is 5.32 Å². The van der Waals surface area contributed by atoms with Crippen molar-refractivity contribution in [2.75, 3.05) is 32.4 Å². The van der Waals surface area contributed by atoms with Gasteiger partial charge in [-0.25, -0.2) is 4.98 Å². The second kappa shape index (κ2) is 6.18. The Labute approximate surface area is 101 Å². The van der Waals surface area contributed by atoms with Gasteiger partial charge in [-0.1, -0.05) is 0 Å². The molecule has 1 aromatic heterocycles. The first-order valence-electron chi connectivity index (χ1n) is 5.67. The van der Waals surface area contributed by atoms with E-state index in [1.165, 1.54) is 6.42 Å². The van der Waals surface area contributed by atoms with E-state index >= 15 is 0 Å². The molecule has 5 heteroatoms. The number of rotatable bonds is 3. The summed E-state index contributed by atoms with van der Waals surface area (Å²) >= 11 is 1.67. The van der Waals surface area contributed by atoms with Crippen molar-refractivity contribution in [2.24, 2.45) is 0 Å². The first-order valence-corrected chi connectivity index (χ1v) is 6.89. The molecule has 2 heterocycles. The number of thioether (sulfide) groups is 1. The van der Waals surface area contributed by atoms with Crippen molar-refractivity contribution >= 4 is 11.8 Å². The predicted molar refractivity (Wildman–Crippen MR) is 66.6 cm³/mol. The Morgan fingerprint density at radius 1 is 1.31 bits per heavy atom. The lowest BCUT2D eigenvalue weighted by atomic mass is 10.3. The summed E-state index contributed by atoms with van der Waals surface area (Å²) in [6.45, 7) is 5.38. The Hall–Kier alpha value is -0.650. The molecule has 0 amide bonds. The molecule has 1 aromatic rings. The van der Waals surface area contributed by atoms with E-state index in [1.54, 1.807) is 24.2 Å². The number of nitrogens with one attached hydrogen (secondary N) is 1. The molecule has 88 valence electrons. The van der Waals surface area contributed by atoms with Gasteiger partial charge in [-0.3, -0.25) is 9.88 Å². The van der Waals surface area contributed by atoms with Crippen LogP contribution in [0.4, 0.5) is 0 Å². The van der Waals surface area contributed by atoms with Crippen LogP contribution in [-0.4, -0.2) is 47.3 Å². The molecule has 1 fully saturated rings. The van der Waals surface area contributed by atoms with Crippen LogP contribution in [0.5, 0.6) is 0 Å². The van der Waals surface area contributed by atoms with Crippen molar-refractivity contribution < 1.29 is 0 Å². The summed E-state index contributed by atoms with van der Waals surface area (Å²) in [7, 11) is 0. The van der Waals surface area contributed by atoms with E-state index in [0.717, 1.165) is 43.4 Å². The molecule has 0 unspecified atom stereocenters. The summed E-state index contributed by atoms with van der Waals surface area (Å²) in [6.07, 6.45) is 6.82. The summed E-state index contributed by atoms with van der Waals surface area (Å²) < 4.78 is 0. The molecule has 4 nitrogen and oxygen atoms in total. The maximum atomic E-state index is 4.43. The summed E-state index contributed by atoms with van der Waals surface area (Å²) in [4.78, 5) is 11.2. The van der Waals surface area contributed by atoms with Crippen molar-refractivity contribution in [1.29, 1.82) is 0 Å². The molecule has 2 rings (SSSR count). The quantitative estimate of drug-likeness (QED) is 0.796. The monoisotopic (exact) mass is 238 g/mol. The van der Waals surface area contributed by atoms with Crippen molar-refractivity contribution in [1.82, 2.24) is 20.2 Å². The summed E-state index contributed by atoms with van der Waals surface area (Å²) in [5.74, 6) is 0. The van der Waals surface area contributed by atoms with Gasteiger partial charge in [0.25, 0.3) is 0 Å². The Morgan fingerprint density at radius 2 is 2.19 bits per heavy atom. The molecule has 0 saturated carbocycles. The molecular formula is C11H18N4S. The predicted octanol–water partition coefficient (Wildman–Crippen LogP) is 0.994. The number of nitrogens with zero attached hydrogens (tertiary/aromatic N) is 3. The molecule has 1 saturated heterocycles. The smallest absolute Gasteiger partial charge is 0.119 e. The largest absolute Gasteiger partial charge is 0.315 e. The fourth-order valence-electron chi connectivity index (χ4n) is 1.90. The normalized spacial score (nSPS) is 18.3. The second-order valence-electron chi connectivity index (χ2n) is 3.89. The van der Waals surface area contributed by atoms with Gasteiger partial charge in [0, 0.05) is 32.0 Å². The first kappa shape index (κ1) is 11.8. The van der Waals surface area contributed by atoms with Gasteiger partial charge in [0.1, 0.15) is 5.03 Å². The molecule has 1 aliphatic rings. The number of hydrogen-bond donors (Lipinski definition) is 1. The average molecular weight is 238 g/mol. The number of hydrogen-bond acceptors (Lipinski definition) is 5. The molecule has 0 aromatic carbocycles. The molecule has 0 spiro atoms. The molecule has 1 aliphatic heterocycles. The van der Waals surface area contributed by atoms with Crippen molar-refractivity contribution in [2.45, 2.75) is 18.0 Å². The van der Waals surface area contributed by atoms with Crippen LogP contribution in [0.1, 0.15) is 12.1 Å². The summed E-state index contributed by atoms with van der Waals surface area (Å²) in [5, 5.41) is 4.46. The lowest BCUT2D eigenvalue weighted by molar-refractivity contribution is 0.278. The maximum Gasteiger partial charge on any atom is 0.119 e. The van der Waals surface area contributed by atoms with Gasteiger partial charge in [-0.05, 0) is 25.8 Å². The highest BCUT2D eigenvalue weighted by Gasteiger charge is 2.12. The molecular weight excluding hydrogens is 220 g/mol. The number of aromatic nitrogens is 2. The Morgan fingerprint density at radius 3 is 3.06 bits per heavy atom. The van der Waals surface area contributed by atoms with Gasteiger partial charge in [0.2, 0.25) is 0 Å². The molecule has 0 radical (unpaired) electrons. The zero-order chi connectivity index (χ0) is 11.2. The van der Waals surface area contributed by atoms with Crippen LogP contribution in [0, 0.1) is 0 Å². The fourth-order valence-corrected chi connectivity index (χ4v) is 2.42. The van der Waals surface area contributed by atoms with Crippen LogP contribution in [0.25, 0.3) is 0 Å².